The number of aryl methyl sites for hydroxylation is 1. The summed E-state index contributed by atoms with van der Waals surface area (Å²) in [5.74, 6) is -0.109. The lowest BCUT2D eigenvalue weighted by Gasteiger charge is -2.19. The Kier molecular flexibility index (Phi) is 3.63. The van der Waals surface area contributed by atoms with Crippen molar-refractivity contribution < 1.29 is 9.90 Å². The van der Waals surface area contributed by atoms with E-state index in [0.717, 1.165) is 12.0 Å². The molecule has 0 aliphatic heterocycles. The van der Waals surface area contributed by atoms with Gasteiger partial charge in [-0.1, -0.05) is 13.0 Å². The molecule has 0 radical (unpaired) electrons. The van der Waals surface area contributed by atoms with Crippen LogP contribution in [0.2, 0.25) is 0 Å². The molecule has 2 atom stereocenters. The third kappa shape index (κ3) is 2.35. The van der Waals surface area contributed by atoms with Gasteiger partial charge in [0.25, 0.3) is 11.5 Å². The molecule has 0 saturated heterocycles. The molecule has 3 rings (SSSR count). The average molecular weight is 327 g/mol. The van der Waals surface area contributed by atoms with Gasteiger partial charge in [-0.2, -0.15) is 0 Å². The zero-order valence-electron chi connectivity index (χ0n) is 14.0. The first kappa shape index (κ1) is 16.1. The molecule has 1 aliphatic carbocycles. The van der Waals surface area contributed by atoms with Crippen LogP contribution in [-0.4, -0.2) is 15.6 Å². The first-order valence-electron chi connectivity index (χ1n) is 7.88. The van der Waals surface area contributed by atoms with Crippen LogP contribution < -0.4 is 17.0 Å². The Balaban J connectivity index is 2.40. The summed E-state index contributed by atoms with van der Waals surface area (Å²) in [5.41, 5.74) is 13.8. The molecule has 1 aromatic heterocycles. The van der Waals surface area contributed by atoms with Crippen LogP contribution >= 0.6 is 0 Å². The fourth-order valence-corrected chi connectivity index (χ4v) is 3.26. The SMILES string of the molecule is Cc1ccc(O)c(C)c1-n1c(N)c(C(N)=O)cc(C2CC2C)c1=O. The van der Waals surface area contributed by atoms with E-state index in [1.807, 2.05) is 6.92 Å². The number of phenols is 1. The Hall–Kier alpha value is -2.76. The number of aromatic hydroxyl groups is 1. The van der Waals surface area contributed by atoms with E-state index in [-0.39, 0.29) is 28.6 Å². The number of nitrogens with zero attached hydrogens (tertiary/aromatic N) is 1. The van der Waals surface area contributed by atoms with Gasteiger partial charge in [0.15, 0.2) is 0 Å². The molecule has 1 fully saturated rings. The van der Waals surface area contributed by atoms with Crippen molar-refractivity contribution >= 4 is 11.7 Å². The Morgan fingerprint density at radius 2 is 1.96 bits per heavy atom. The monoisotopic (exact) mass is 327 g/mol. The number of amides is 1. The molecule has 6 heteroatoms. The Bertz CT molecular complexity index is 915. The summed E-state index contributed by atoms with van der Waals surface area (Å²) >= 11 is 0. The van der Waals surface area contributed by atoms with Crippen LogP contribution in [0.25, 0.3) is 5.69 Å². The van der Waals surface area contributed by atoms with Crippen LogP contribution in [0, 0.1) is 19.8 Å². The summed E-state index contributed by atoms with van der Waals surface area (Å²) in [6, 6.07) is 4.80. The molecule has 1 saturated carbocycles. The molecule has 0 spiro atoms. The van der Waals surface area contributed by atoms with E-state index in [4.69, 9.17) is 11.5 Å². The van der Waals surface area contributed by atoms with Crippen molar-refractivity contribution in [3.63, 3.8) is 0 Å². The van der Waals surface area contributed by atoms with E-state index in [0.29, 0.717) is 22.7 Å². The van der Waals surface area contributed by atoms with Gasteiger partial charge >= 0.3 is 0 Å². The molecule has 5 N–H and O–H groups in total. The van der Waals surface area contributed by atoms with Gasteiger partial charge in [-0.05, 0) is 49.8 Å². The number of benzene rings is 1. The van der Waals surface area contributed by atoms with Crippen molar-refractivity contribution in [2.75, 3.05) is 5.73 Å². The van der Waals surface area contributed by atoms with E-state index in [2.05, 4.69) is 6.92 Å². The number of carbonyl (C=O) groups is 1. The second kappa shape index (κ2) is 5.40. The molecule has 6 nitrogen and oxygen atoms in total. The number of rotatable bonds is 3. The zero-order chi connectivity index (χ0) is 17.8. The average Bonchev–Trinajstić information content (AvgIpc) is 3.23. The largest absolute Gasteiger partial charge is 0.508 e. The molecular formula is C18H21N3O3. The number of nitrogen functional groups attached to an aromatic ring is 1. The highest BCUT2D eigenvalue weighted by Gasteiger charge is 2.37. The molecule has 1 heterocycles. The van der Waals surface area contributed by atoms with Crippen molar-refractivity contribution in [3.8, 4) is 11.4 Å². The normalized spacial score (nSPS) is 19.3. The van der Waals surface area contributed by atoms with Crippen molar-refractivity contribution in [1.29, 1.82) is 0 Å². The minimum absolute atomic E-state index is 0.00125. The Morgan fingerprint density at radius 1 is 1.33 bits per heavy atom. The molecule has 24 heavy (non-hydrogen) atoms. The van der Waals surface area contributed by atoms with Crippen molar-refractivity contribution in [1.82, 2.24) is 4.57 Å². The highest BCUT2D eigenvalue weighted by molar-refractivity contribution is 5.97. The number of carbonyl (C=O) groups excluding carboxylic acids is 1. The molecule has 1 aliphatic rings. The van der Waals surface area contributed by atoms with Gasteiger partial charge in [-0.3, -0.25) is 14.2 Å². The second-order valence-corrected chi connectivity index (χ2v) is 6.60. The van der Waals surface area contributed by atoms with Gasteiger partial charge in [-0.15, -0.1) is 0 Å². The number of aromatic nitrogens is 1. The molecule has 126 valence electrons. The first-order valence-corrected chi connectivity index (χ1v) is 7.88. The highest BCUT2D eigenvalue weighted by Crippen LogP contribution is 2.46. The summed E-state index contributed by atoms with van der Waals surface area (Å²) in [6.45, 7) is 5.59. The van der Waals surface area contributed by atoms with E-state index < -0.39 is 5.91 Å². The Morgan fingerprint density at radius 3 is 2.50 bits per heavy atom. The third-order valence-electron chi connectivity index (χ3n) is 4.87. The molecule has 1 aromatic carbocycles. The van der Waals surface area contributed by atoms with Crippen LogP contribution in [0.1, 0.15) is 46.3 Å². The lowest BCUT2D eigenvalue weighted by atomic mass is 10.0. The highest BCUT2D eigenvalue weighted by atomic mass is 16.3. The summed E-state index contributed by atoms with van der Waals surface area (Å²) in [7, 11) is 0. The van der Waals surface area contributed by atoms with Gasteiger partial charge < -0.3 is 16.6 Å². The molecule has 1 amide bonds. The maximum absolute atomic E-state index is 13.1. The van der Waals surface area contributed by atoms with Crippen molar-refractivity contribution in [2.24, 2.45) is 11.7 Å². The van der Waals surface area contributed by atoms with Crippen LogP contribution in [-0.2, 0) is 0 Å². The minimum atomic E-state index is -0.675. The topological polar surface area (TPSA) is 111 Å². The molecule has 2 aromatic rings. The molecule has 0 bridgehead atoms. The van der Waals surface area contributed by atoms with Gasteiger partial charge in [0, 0.05) is 11.1 Å². The summed E-state index contributed by atoms with van der Waals surface area (Å²) < 4.78 is 1.31. The molecular weight excluding hydrogens is 306 g/mol. The number of primary amides is 1. The van der Waals surface area contributed by atoms with Gasteiger partial charge in [-0.25, -0.2) is 0 Å². The lowest BCUT2D eigenvalue weighted by molar-refractivity contribution is 0.100. The van der Waals surface area contributed by atoms with Crippen molar-refractivity contribution in [2.45, 2.75) is 33.1 Å². The second-order valence-electron chi connectivity index (χ2n) is 6.60. The van der Waals surface area contributed by atoms with Gasteiger partial charge in [0.05, 0.1) is 11.3 Å². The molecule has 2 unspecified atom stereocenters. The maximum Gasteiger partial charge on any atom is 0.260 e. The zero-order valence-corrected chi connectivity index (χ0v) is 14.0. The number of nitrogens with two attached hydrogens (primary N) is 2. The quantitative estimate of drug-likeness (QED) is 0.800. The minimum Gasteiger partial charge on any atom is -0.508 e. The van der Waals surface area contributed by atoms with Crippen LogP contribution in [0.5, 0.6) is 5.75 Å². The fraction of sp³-hybridized carbons (Fsp3) is 0.333. The third-order valence-corrected chi connectivity index (χ3v) is 4.87. The summed E-state index contributed by atoms with van der Waals surface area (Å²) in [4.78, 5) is 24.9. The first-order chi connectivity index (χ1) is 11.2. The van der Waals surface area contributed by atoms with Crippen LogP contribution in [0.3, 0.4) is 0 Å². The summed E-state index contributed by atoms with van der Waals surface area (Å²) in [5, 5.41) is 10.0. The predicted molar refractivity (Wildman–Crippen MR) is 92.6 cm³/mol. The number of anilines is 1. The smallest absolute Gasteiger partial charge is 0.260 e. The lowest BCUT2D eigenvalue weighted by Crippen LogP contribution is -2.29. The van der Waals surface area contributed by atoms with E-state index in [1.54, 1.807) is 19.1 Å². The van der Waals surface area contributed by atoms with Crippen molar-refractivity contribution in [3.05, 3.63) is 50.8 Å². The van der Waals surface area contributed by atoms with Gasteiger partial charge in [0.2, 0.25) is 0 Å². The van der Waals surface area contributed by atoms with Crippen LogP contribution in [0.15, 0.2) is 23.0 Å². The maximum atomic E-state index is 13.1. The Labute approximate surface area is 139 Å². The van der Waals surface area contributed by atoms with E-state index in [1.165, 1.54) is 10.6 Å². The van der Waals surface area contributed by atoms with Crippen LogP contribution in [0.4, 0.5) is 5.82 Å². The summed E-state index contributed by atoms with van der Waals surface area (Å²) in [6.07, 6.45) is 0.898. The fourth-order valence-electron chi connectivity index (χ4n) is 3.26. The predicted octanol–water partition coefficient (Wildman–Crippen LogP) is 1.96. The van der Waals surface area contributed by atoms with Gasteiger partial charge in [0.1, 0.15) is 11.6 Å². The number of hydrogen-bond donors (Lipinski definition) is 3. The number of pyridine rings is 1. The number of phenolic OH excluding ortho intramolecular Hbond substituents is 1. The van der Waals surface area contributed by atoms with E-state index >= 15 is 0 Å². The van der Waals surface area contributed by atoms with E-state index in [9.17, 15) is 14.7 Å². The number of hydrogen-bond acceptors (Lipinski definition) is 4. The standard InChI is InChI=1S/C18H21N3O3/c1-8-4-5-14(22)10(3)15(8)21-16(19)13(17(20)23)7-12(18(21)24)11-6-9(11)2/h4-5,7,9,11,22H,6,19H2,1-3H3,(H2,20,23).